The van der Waals surface area contributed by atoms with E-state index in [2.05, 4.69) is 40.8 Å². The average molecular weight is 424 g/mol. The molecule has 5 nitrogen and oxygen atoms in total. The van der Waals surface area contributed by atoms with Gasteiger partial charge in [0.2, 0.25) is 0 Å². The number of carbonyl (C=O) groups is 1. The quantitative estimate of drug-likeness (QED) is 0.354. The van der Waals surface area contributed by atoms with Crippen molar-refractivity contribution in [3.8, 4) is 22.5 Å². The van der Waals surface area contributed by atoms with Crippen molar-refractivity contribution in [3.05, 3.63) is 90.1 Å². The standard InChI is InChI=1S/C27H25N3O2/c1-32-24(31)15-9-19-8-14-23-29-25(26(30(23)18-19)21-6-3-2-4-7-21)20-10-12-22(13-11-20)27(28)16-5-17-27/h2-4,6-15,18H,5,16-17,28H2,1H3/b15-9+. The Morgan fingerprint density at radius 3 is 2.44 bits per heavy atom. The molecule has 0 amide bonds. The molecule has 5 heteroatoms. The number of nitrogens with zero attached hydrogens (tertiary/aromatic N) is 2. The molecule has 0 bridgehead atoms. The predicted molar refractivity (Wildman–Crippen MR) is 127 cm³/mol. The number of nitrogens with two attached hydrogens (primary N) is 1. The molecule has 2 aromatic heterocycles. The van der Waals surface area contributed by atoms with E-state index in [9.17, 15) is 4.79 Å². The van der Waals surface area contributed by atoms with Gasteiger partial charge in [-0.25, -0.2) is 9.78 Å². The summed E-state index contributed by atoms with van der Waals surface area (Å²) in [6.45, 7) is 0. The Hall–Kier alpha value is -3.70. The van der Waals surface area contributed by atoms with Crippen LogP contribution in [0.5, 0.6) is 0 Å². The van der Waals surface area contributed by atoms with Gasteiger partial charge < -0.3 is 10.5 Å². The fraction of sp³-hybridized carbons (Fsp3) is 0.185. The SMILES string of the molecule is COC(=O)/C=C/c1ccc2nc(-c3ccc(C4(N)CCC4)cc3)c(-c3ccccc3)n2c1. The zero-order valence-electron chi connectivity index (χ0n) is 18.0. The van der Waals surface area contributed by atoms with Crippen LogP contribution in [0.1, 0.15) is 30.4 Å². The molecule has 4 aromatic rings. The summed E-state index contributed by atoms with van der Waals surface area (Å²) in [4.78, 5) is 16.5. The number of fused-ring (bicyclic) bond motifs is 1. The molecule has 32 heavy (non-hydrogen) atoms. The zero-order chi connectivity index (χ0) is 22.1. The summed E-state index contributed by atoms with van der Waals surface area (Å²) in [6.07, 6.45) is 8.42. The first-order valence-electron chi connectivity index (χ1n) is 10.8. The molecule has 0 saturated heterocycles. The molecule has 1 fully saturated rings. The van der Waals surface area contributed by atoms with Crippen molar-refractivity contribution >= 4 is 17.7 Å². The van der Waals surface area contributed by atoms with Gasteiger partial charge in [0.25, 0.3) is 0 Å². The highest BCUT2D eigenvalue weighted by atomic mass is 16.5. The lowest BCUT2D eigenvalue weighted by Gasteiger charge is -2.38. The molecule has 0 radical (unpaired) electrons. The van der Waals surface area contributed by atoms with Crippen LogP contribution in [0.15, 0.2) is 79.0 Å². The highest BCUT2D eigenvalue weighted by molar-refractivity contribution is 5.87. The maximum absolute atomic E-state index is 11.5. The van der Waals surface area contributed by atoms with Crippen LogP contribution in [0.25, 0.3) is 34.2 Å². The van der Waals surface area contributed by atoms with Gasteiger partial charge >= 0.3 is 5.97 Å². The second-order valence-electron chi connectivity index (χ2n) is 8.31. The van der Waals surface area contributed by atoms with Gasteiger partial charge in [-0.1, -0.05) is 54.6 Å². The molecule has 0 unspecified atom stereocenters. The molecule has 1 aliphatic carbocycles. The molecule has 5 rings (SSSR count). The third-order valence-corrected chi connectivity index (χ3v) is 6.28. The van der Waals surface area contributed by atoms with Crippen LogP contribution in [-0.4, -0.2) is 22.5 Å². The number of aromatic nitrogens is 2. The van der Waals surface area contributed by atoms with Crippen LogP contribution in [0, 0.1) is 0 Å². The second kappa shape index (κ2) is 8.09. The molecule has 0 spiro atoms. The number of carbonyl (C=O) groups excluding carboxylic acids is 1. The van der Waals surface area contributed by atoms with Gasteiger partial charge in [0.05, 0.1) is 18.5 Å². The highest BCUT2D eigenvalue weighted by Crippen LogP contribution is 2.40. The lowest BCUT2D eigenvalue weighted by molar-refractivity contribution is -0.134. The lowest BCUT2D eigenvalue weighted by atomic mass is 9.72. The van der Waals surface area contributed by atoms with Crippen LogP contribution in [0.3, 0.4) is 0 Å². The maximum atomic E-state index is 11.5. The summed E-state index contributed by atoms with van der Waals surface area (Å²) in [7, 11) is 1.37. The Kier molecular flexibility index (Phi) is 5.11. The molecule has 2 heterocycles. The summed E-state index contributed by atoms with van der Waals surface area (Å²) in [5.74, 6) is -0.385. The Morgan fingerprint density at radius 2 is 1.78 bits per heavy atom. The van der Waals surface area contributed by atoms with Gasteiger partial charge in [0, 0.05) is 28.9 Å². The minimum Gasteiger partial charge on any atom is -0.466 e. The molecule has 160 valence electrons. The van der Waals surface area contributed by atoms with Crippen LogP contribution < -0.4 is 5.73 Å². The number of pyridine rings is 1. The number of methoxy groups -OCH3 is 1. The molecule has 2 aromatic carbocycles. The van der Waals surface area contributed by atoms with E-state index in [4.69, 9.17) is 15.5 Å². The first kappa shape index (κ1) is 20.2. The highest BCUT2D eigenvalue weighted by Gasteiger charge is 2.34. The topological polar surface area (TPSA) is 69.6 Å². The molecule has 0 aliphatic heterocycles. The first-order chi connectivity index (χ1) is 15.6. The Balaban J connectivity index is 1.63. The van der Waals surface area contributed by atoms with Crippen molar-refractivity contribution in [2.24, 2.45) is 5.73 Å². The van der Waals surface area contributed by atoms with E-state index in [-0.39, 0.29) is 11.5 Å². The number of imidazole rings is 1. The smallest absolute Gasteiger partial charge is 0.330 e. The van der Waals surface area contributed by atoms with Crippen molar-refractivity contribution < 1.29 is 9.53 Å². The molecule has 2 N–H and O–H groups in total. The Morgan fingerprint density at radius 1 is 1.03 bits per heavy atom. The average Bonchev–Trinajstić information content (AvgIpc) is 3.20. The van der Waals surface area contributed by atoms with Gasteiger partial charge in [0.15, 0.2) is 0 Å². The van der Waals surface area contributed by atoms with Crippen LogP contribution >= 0.6 is 0 Å². The third kappa shape index (κ3) is 3.61. The largest absolute Gasteiger partial charge is 0.466 e. The minimum absolute atomic E-state index is 0.180. The first-order valence-corrected chi connectivity index (χ1v) is 10.8. The van der Waals surface area contributed by atoms with E-state index in [0.29, 0.717) is 0 Å². The number of ether oxygens (including phenoxy) is 1. The van der Waals surface area contributed by atoms with Crippen LogP contribution in [0.2, 0.25) is 0 Å². The number of hydrogen-bond acceptors (Lipinski definition) is 4. The van der Waals surface area contributed by atoms with E-state index < -0.39 is 0 Å². The molecule has 1 aliphatic rings. The third-order valence-electron chi connectivity index (χ3n) is 6.28. The van der Waals surface area contributed by atoms with Gasteiger partial charge in [-0.3, -0.25) is 4.40 Å². The fourth-order valence-corrected chi connectivity index (χ4v) is 4.27. The normalized spacial score (nSPS) is 15.1. The molecular formula is C27H25N3O2. The van der Waals surface area contributed by atoms with E-state index in [1.807, 2.05) is 36.5 Å². The van der Waals surface area contributed by atoms with Gasteiger partial charge in [0.1, 0.15) is 5.65 Å². The second-order valence-corrected chi connectivity index (χ2v) is 8.31. The summed E-state index contributed by atoms with van der Waals surface area (Å²) < 4.78 is 6.78. The Labute approximate surface area is 187 Å². The lowest BCUT2D eigenvalue weighted by Crippen LogP contribution is -2.43. The number of rotatable bonds is 5. The van der Waals surface area contributed by atoms with Gasteiger partial charge in [-0.15, -0.1) is 0 Å². The van der Waals surface area contributed by atoms with E-state index in [1.165, 1.54) is 25.2 Å². The summed E-state index contributed by atoms with van der Waals surface area (Å²) in [5.41, 5.74) is 13.3. The molecular weight excluding hydrogens is 398 g/mol. The number of benzene rings is 2. The Bertz CT molecular complexity index is 1300. The van der Waals surface area contributed by atoms with E-state index >= 15 is 0 Å². The monoisotopic (exact) mass is 423 g/mol. The van der Waals surface area contributed by atoms with Crippen LogP contribution in [0.4, 0.5) is 0 Å². The van der Waals surface area contributed by atoms with E-state index in [0.717, 1.165) is 46.6 Å². The summed E-state index contributed by atoms with van der Waals surface area (Å²) in [5, 5.41) is 0. The van der Waals surface area contributed by atoms with Crippen molar-refractivity contribution in [1.29, 1.82) is 0 Å². The van der Waals surface area contributed by atoms with Crippen molar-refractivity contribution in [2.45, 2.75) is 24.8 Å². The fourth-order valence-electron chi connectivity index (χ4n) is 4.27. The van der Waals surface area contributed by atoms with Crippen LogP contribution in [-0.2, 0) is 15.1 Å². The van der Waals surface area contributed by atoms with Crippen molar-refractivity contribution in [1.82, 2.24) is 9.38 Å². The maximum Gasteiger partial charge on any atom is 0.330 e. The van der Waals surface area contributed by atoms with E-state index in [1.54, 1.807) is 6.08 Å². The van der Waals surface area contributed by atoms with Gasteiger partial charge in [-0.05, 0) is 48.6 Å². The summed E-state index contributed by atoms with van der Waals surface area (Å²) >= 11 is 0. The minimum atomic E-state index is -0.385. The van der Waals surface area contributed by atoms with Crippen molar-refractivity contribution in [3.63, 3.8) is 0 Å². The zero-order valence-corrected chi connectivity index (χ0v) is 18.0. The predicted octanol–water partition coefficient (Wildman–Crippen LogP) is 5.19. The van der Waals surface area contributed by atoms with Crippen molar-refractivity contribution in [2.75, 3.05) is 7.11 Å². The summed E-state index contributed by atoms with van der Waals surface area (Å²) in [6, 6.07) is 22.6. The number of esters is 1. The number of hydrogen-bond donors (Lipinski definition) is 1. The molecule has 1 saturated carbocycles. The van der Waals surface area contributed by atoms with Gasteiger partial charge in [-0.2, -0.15) is 0 Å². The molecule has 0 atom stereocenters.